The van der Waals surface area contributed by atoms with Crippen LogP contribution in [0, 0.1) is 12.8 Å². The molecule has 1 heterocycles. The zero-order valence-corrected chi connectivity index (χ0v) is 12.5. The van der Waals surface area contributed by atoms with Gasteiger partial charge in [-0.1, -0.05) is 11.6 Å². The van der Waals surface area contributed by atoms with E-state index in [1.165, 1.54) is 0 Å². The van der Waals surface area contributed by atoms with Crippen molar-refractivity contribution < 1.29 is 19.4 Å². The third-order valence-electron chi connectivity index (χ3n) is 3.65. The van der Waals surface area contributed by atoms with Crippen LogP contribution in [0.4, 0.5) is 0 Å². The molecule has 0 spiro atoms. The Morgan fingerprint density at radius 1 is 1.40 bits per heavy atom. The van der Waals surface area contributed by atoms with Crippen molar-refractivity contribution >= 4 is 17.6 Å². The van der Waals surface area contributed by atoms with Crippen LogP contribution in [0.3, 0.4) is 0 Å². The van der Waals surface area contributed by atoms with Gasteiger partial charge in [-0.05, 0) is 25.0 Å². The van der Waals surface area contributed by atoms with Gasteiger partial charge in [-0.25, -0.2) is 0 Å². The minimum absolute atomic E-state index is 0.0758. The van der Waals surface area contributed by atoms with Crippen LogP contribution in [-0.2, 0) is 4.79 Å². The number of hydrogen-bond donors (Lipinski definition) is 2. The van der Waals surface area contributed by atoms with E-state index < -0.39 is 5.97 Å². The van der Waals surface area contributed by atoms with Crippen LogP contribution in [0.15, 0.2) is 6.07 Å². The lowest BCUT2D eigenvalue weighted by molar-refractivity contribution is -0.141. The van der Waals surface area contributed by atoms with Crippen molar-refractivity contribution in [2.24, 2.45) is 5.92 Å². The molecule has 1 aromatic rings. The molecule has 6 heteroatoms. The van der Waals surface area contributed by atoms with E-state index in [-0.39, 0.29) is 12.0 Å². The molecule has 20 heavy (non-hydrogen) atoms. The summed E-state index contributed by atoms with van der Waals surface area (Å²) in [5.41, 5.74) is 1.77. The molecule has 2 atom stereocenters. The fourth-order valence-corrected chi connectivity index (χ4v) is 3.06. The Morgan fingerprint density at radius 2 is 2.05 bits per heavy atom. The van der Waals surface area contributed by atoms with Crippen LogP contribution in [0.25, 0.3) is 0 Å². The van der Waals surface area contributed by atoms with Crippen molar-refractivity contribution in [2.75, 3.05) is 20.8 Å². The molecule has 2 unspecified atom stereocenters. The first-order valence-corrected chi connectivity index (χ1v) is 6.74. The van der Waals surface area contributed by atoms with Crippen molar-refractivity contribution in [1.29, 1.82) is 0 Å². The van der Waals surface area contributed by atoms with E-state index in [0.717, 1.165) is 11.1 Å². The van der Waals surface area contributed by atoms with E-state index in [9.17, 15) is 4.79 Å². The number of ether oxygens (including phenoxy) is 2. The van der Waals surface area contributed by atoms with Gasteiger partial charge >= 0.3 is 5.97 Å². The molecule has 1 aliphatic rings. The number of carboxylic acids is 1. The van der Waals surface area contributed by atoms with Gasteiger partial charge in [0.05, 0.1) is 20.1 Å². The standard InChI is InChI=1S/C14H18ClNO4/c1-7-4-9(10-5-8(6-16-10)14(17)18)13(20-3)11(15)12(7)19-2/h4,8,10,16H,5-6H2,1-3H3,(H,17,18). The Hall–Kier alpha value is -1.46. The van der Waals surface area contributed by atoms with Crippen LogP contribution in [0.1, 0.15) is 23.6 Å². The molecule has 0 aliphatic carbocycles. The van der Waals surface area contributed by atoms with Crippen LogP contribution < -0.4 is 14.8 Å². The van der Waals surface area contributed by atoms with Gasteiger partial charge < -0.3 is 19.9 Å². The van der Waals surface area contributed by atoms with E-state index in [1.807, 2.05) is 13.0 Å². The second kappa shape index (κ2) is 5.89. The van der Waals surface area contributed by atoms with Crippen LogP contribution in [0.5, 0.6) is 11.5 Å². The third-order valence-corrected chi connectivity index (χ3v) is 4.00. The SMILES string of the molecule is COc1c(C)cc(C2CC(C(=O)O)CN2)c(OC)c1Cl. The minimum atomic E-state index is -0.782. The highest BCUT2D eigenvalue weighted by Gasteiger charge is 2.33. The number of methoxy groups -OCH3 is 2. The summed E-state index contributed by atoms with van der Waals surface area (Å²) in [5.74, 6) is -0.0427. The van der Waals surface area contributed by atoms with Crippen LogP contribution >= 0.6 is 11.6 Å². The zero-order valence-electron chi connectivity index (χ0n) is 11.7. The number of halogens is 1. The predicted molar refractivity (Wildman–Crippen MR) is 75.8 cm³/mol. The summed E-state index contributed by atoms with van der Waals surface area (Å²) < 4.78 is 10.7. The summed E-state index contributed by atoms with van der Waals surface area (Å²) in [4.78, 5) is 11.0. The number of nitrogens with one attached hydrogen (secondary N) is 1. The van der Waals surface area contributed by atoms with E-state index in [4.69, 9.17) is 26.2 Å². The normalized spacial score (nSPS) is 21.8. The Bertz CT molecular complexity index is 532. The number of carboxylic acid groups (broad SMARTS) is 1. The lowest BCUT2D eigenvalue weighted by atomic mass is 9.97. The number of rotatable bonds is 4. The Kier molecular flexibility index (Phi) is 4.40. The topological polar surface area (TPSA) is 67.8 Å². The molecule has 2 rings (SSSR count). The minimum Gasteiger partial charge on any atom is -0.495 e. The zero-order chi connectivity index (χ0) is 14.9. The van der Waals surface area contributed by atoms with Crippen molar-refractivity contribution in [3.8, 4) is 11.5 Å². The third kappa shape index (κ3) is 2.55. The molecule has 1 fully saturated rings. The largest absolute Gasteiger partial charge is 0.495 e. The summed E-state index contributed by atoms with van der Waals surface area (Å²) in [6.07, 6.45) is 0.522. The lowest BCUT2D eigenvalue weighted by Gasteiger charge is -2.19. The number of hydrogen-bond acceptors (Lipinski definition) is 4. The van der Waals surface area contributed by atoms with Gasteiger partial charge in [0.25, 0.3) is 0 Å². The monoisotopic (exact) mass is 299 g/mol. The average Bonchev–Trinajstić information content (AvgIpc) is 2.88. The molecule has 0 aromatic heterocycles. The molecule has 2 N–H and O–H groups in total. The maximum atomic E-state index is 11.0. The molecule has 1 saturated heterocycles. The van der Waals surface area contributed by atoms with Gasteiger partial charge in [-0.3, -0.25) is 4.79 Å². The fraction of sp³-hybridized carbons (Fsp3) is 0.500. The van der Waals surface area contributed by atoms with Gasteiger partial charge in [-0.2, -0.15) is 0 Å². The van der Waals surface area contributed by atoms with Gasteiger partial charge in [0.2, 0.25) is 0 Å². The number of aliphatic carboxylic acids is 1. The van der Waals surface area contributed by atoms with Crippen LogP contribution in [-0.4, -0.2) is 31.8 Å². The van der Waals surface area contributed by atoms with E-state index in [0.29, 0.717) is 29.5 Å². The summed E-state index contributed by atoms with van der Waals surface area (Å²) >= 11 is 6.30. The van der Waals surface area contributed by atoms with Crippen LogP contribution in [0.2, 0.25) is 5.02 Å². The summed E-state index contributed by atoms with van der Waals surface area (Å²) in [6, 6.07) is 1.86. The second-order valence-corrected chi connectivity index (χ2v) is 5.27. The van der Waals surface area contributed by atoms with Crippen molar-refractivity contribution in [1.82, 2.24) is 5.32 Å². The molecule has 0 bridgehead atoms. The maximum absolute atomic E-state index is 11.0. The molecule has 5 nitrogen and oxygen atoms in total. The number of benzene rings is 1. The maximum Gasteiger partial charge on any atom is 0.307 e. The molecule has 0 saturated carbocycles. The first kappa shape index (κ1) is 14.9. The van der Waals surface area contributed by atoms with Crippen molar-refractivity contribution in [3.05, 3.63) is 22.2 Å². The lowest BCUT2D eigenvalue weighted by Crippen LogP contribution is -2.17. The molecular weight excluding hydrogens is 282 g/mol. The number of aryl methyl sites for hydroxylation is 1. The van der Waals surface area contributed by atoms with Crippen molar-refractivity contribution in [3.63, 3.8) is 0 Å². The molecule has 1 aliphatic heterocycles. The van der Waals surface area contributed by atoms with E-state index in [2.05, 4.69) is 5.32 Å². The molecule has 110 valence electrons. The Morgan fingerprint density at radius 3 is 2.55 bits per heavy atom. The quantitative estimate of drug-likeness (QED) is 0.893. The highest BCUT2D eigenvalue weighted by molar-refractivity contribution is 6.33. The van der Waals surface area contributed by atoms with E-state index >= 15 is 0 Å². The van der Waals surface area contributed by atoms with E-state index in [1.54, 1.807) is 14.2 Å². The highest BCUT2D eigenvalue weighted by atomic mass is 35.5. The number of carbonyl (C=O) groups is 1. The predicted octanol–water partition coefficient (Wildman–Crippen LogP) is 2.40. The smallest absolute Gasteiger partial charge is 0.307 e. The van der Waals surface area contributed by atoms with Gasteiger partial charge in [0.1, 0.15) is 16.5 Å². The summed E-state index contributed by atoms with van der Waals surface area (Å²) in [6.45, 7) is 2.35. The summed E-state index contributed by atoms with van der Waals surface area (Å²) in [5, 5.41) is 12.7. The fourth-order valence-electron chi connectivity index (χ4n) is 2.64. The molecule has 0 amide bonds. The van der Waals surface area contributed by atoms with Crippen molar-refractivity contribution in [2.45, 2.75) is 19.4 Å². The highest BCUT2D eigenvalue weighted by Crippen LogP contribution is 2.44. The Balaban J connectivity index is 2.40. The second-order valence-electron chi connectivity index (χ2n) is 4.89. The average molecular weight is 300 g/mol. The van der Waals surface area contributed by atoms with Gasteiger partial charge in [0, 0.05) is 18.2 Å². The van der Waals surface area contributed by atoms with Gasteiger partial charge in [0.15, 0.2) is 0 Å². The van der Waals surface area contributed by atoms with Gasteiger partial charge in [-0.15, -0.1) is 0 Å². The molecule has 0 radical (unpaired) electrons. The molecular formula is C14H18ClNO4. The molecule has 1 aromatic carbocycles. The first-order valence-electron chi connectivity index (χ1n) is 6.36. The first-order chi connectivity index (χ1) is 9.49. The summed E-state index contributed by atoms with van der Waals surface area (Å²) in [7, 11) is 3.10. The Labute approximate surface area is 122 Å².